The predicted octanol–water partition coefficient (Wildman–Crippen LogP) is 2.11. The van der Waals surface area contributed by atoms with Gasteiger partial charge in [0.1, 0.15) is 0 Å². The summed E-state index contributed by atoms with van der Waals surface area (Å²) in [7, 11) is -0.390. The molecule has 1 aliphatic rings. The zero-order valence-corrected chi connectivity index (χ0v) is 13.3. The molecular weight excluding hydrogens is 263 g/mol. The van der Waals surface area contributed by atoms with Crippen LogP contribution >= 0.6 is 0 Å². The molecular formula is C17H23BO3. The summed E-state index contributed by atoms with van der Waals surface area (Å²) in [6.07, 6.45) is 1.39. The van der Waals surface area contributed by atoms with Crippen molar-refractivity contribution < 1.29 is 14.4 Å². The lowest BCUT2D eigenvalue weighted by Gasteiger charge is -2.32. The third-order valence-electron chi connectivity index (χ3n) is 4.15. The fourth-order valence-electron chi connectivity index (χ4n) is 2.11. The van der Waals surface area contributed by atoms with Crippen LogP contribution in [0.25, 0.3) is 0 Å². The third-order valence-corrected chi connectivity index (χ3v) is 4.15. The maximum atomic E-state index is 8.80. The van der Waals surface area contributed by atoms with Gasteiger partial charge >= 0.3 is 7.12 Å². The molecule has 0 aromatic heterocycles. The van der Waals surface area contributed by atoms with Crippen LogP contribution in [0.3, 0.4) is 0 Å². The molecule has 3 nitrogen and oxygen atoms in total. The van der Waals surface area contributed by atoms with E-state index >= 15 is 0 Å². The smallest absolute Gasteiger partial charge is 0.399 e. The molecule has 0 spiro atoms. The summed E-state index contributed by atoms with van der Waals surface area (Å²) < 4.78 is 12.2. The Labute approximate surface area is 127 Å². The van der Waals surface area contributed by atoms with Crippen molar-refractivity contribution >= 4 is 12.6 Å². The highest BCUT2D eigenvalue weighted by Gasteiger charge is 2.52. The highest BCUT2D eigenvalue weighted by Crippen LogP contribution is 2.36. The molecule has 1 saturated heterocycles. The average Bonchev–Trinajstić information content (AvgIpc) is 2.64. The maximum Gasteiger partial charge on any atom is 0.496 e. The molecule has 0 aliphatic carbocycles. The number of hydrogen-bond donors (Lipinski definition) is 1. The van der Waals surface area contributed by atoms with Gasteiger partial charge < -0.3 is 14.4 Å². The second-order valence-corrected chi connectivity index (χ2v) is 6.30. The van der Waals surface area contributed by atoms with Gasteiger partial charge in [0, 0.05) is 18.6 Å². The van der Waals surface area contributed by atoms with E-state index in [4.69, 9.17) is 14.4 Å². The Bertz CT molecular complexity index is 539. The first-order chi connectivity index (χ1) is 9.87. The molecule has 1 heterocycles. The van der Waals surface area contributed by atoms with E-state index in [1.165, 1.54) is 0 Å². The van der Waals surface area contributed by atoms with E-state index in [9.17, 15) is 0 Å². The lowest BCUT2D eigenvalue weighted by atomic mass is 9.76. The van der Waals surface area contributed by atoms with Crippen molar-refractivity contribution in [2.45, 2.75) is 51.7 Å². The van der Waals surface area contributed by atoms with Crippen molar-refractivity contribution in [3.8, 4) is 11.8 Å². The van der Waals surface area contributed by atoms with Crippen LogP contribution in [0.1, 0.15) is 46.1 Å². The van der Waals surface area contributed by atoms with Crippen LogP contribution in [0.5, 0.6) is 0 Å². The van der Waals surface area contributed by atoms with Crippen molar-refractivity contribution in [1.29, 1.82) is 0 Å². The quantitative estimate of drug-likeness (QED) is 0.525. The van der Waals surface area contributed by atoms with Gasteiger partial charge in [0.05, 0.1) is 11.2 Å². The molecule has 1 aromatic rings. The minimum atomic E-state index is -0.390. The normalized spacial score (nSPS) is 19.2. The van der Waals surface area contributed by atoms with Gasteiger partial charge in [-0.1, -0.05) is 30.0 Å². The van der Waals surface area contributed by atoms with Crippen molar-refractivity contribution in [3.05, 3.63) is 29.8 Å². The lowest BCUT2D eigenvalue weighted by Crippen LogP contribution is -2.41. The summed E-state index contributed by atoms with van der Waals surface area (Å²) in [5.74, 6) is 6.25. The Balaban J connectivity index is 2.23. The first-order valence-corrected chi connectivity index (χ1v) is 7.42. The van der Waals surface area contributed by atoms with E-state index in [1.54, 1.807) is 0 Å². The number of aliphatic hydroxyl groups excluding tert-OH is 1. The molecule has 0 amide bonds. The number of benzene rings is 1. The minimum absolute atomic E-state index is 0.174. The number of unbranched alkanes of at least 4 members (excludes halogenated alkanes) is 1. The van der Waals surface area contributed by atoms with Gasteiger partial charge in [-0.25, -0.2) is 0 Å². The van der Waals surface area contributed by atoms with Crippen LogP contribution in [0.2, 0.25) is 0 Å². The van der Waals surface area contributed by atoms with Crippen molar-refractivity contribution in [3.63, 3.8) is 0 Å². The SMILES string of the molecule is CC1(C)OB(c2ccccc2C#CCCCO)OC1(C)C. The molecule has 112 valence electrons. The zero-order chi connectivity index (χ0) is 15.5. The molecule has 0 unspecified atom stereocenters. The van der Waals surface area contributed by atoms with Crippen LogP contribution in [-0.4, -0.2) is 30.0 Å². The first kappa shape index (κ1) is 16.1. The number of hydrogen-bond acceptors (Lipinski definition) is 3. The van der Waals surface area contributed by atoms with Crippen molar-refractivity contribution in [2.24, 2.45) is 0 Å². The van der Waals surface area contributed by atoms with Gasteiger partial charge in [-0.3, -0.25) is 0 Å². The summed E-state index contributed by atoms with van der Waals surface area (Å²) in [6, 6.07) is 7.91. The fraction of sp³-hybridized carbons (Fsp3) is 0.529. The van der Waals surface area contributed by atoms with Gasteiger partial charge in [0.2, 0.25) is 0 Å². The molecule has 0 saturated carbocycles. The standard InChI is InChI=1S/C17H23BO3/c1-16(2)17(3,4)21-18(20-16)15-12-8-7-11-14(15)10-6-5-9-13-19/h7-8,11-12,19H,5,9,13H2,1-4H3. The number of aliphatic hydroxyl groups is 1. The Morgan fingerprint density at radius 1 is 1.10 bits per heavy atom. The lowest BCUT2D eigenvalue weighted by molar-refractivity contribution is 0.00578. The van der Waals surface area contributed by atoms with Crippen LogP contribution in [0.4, 0.5) is 0 Å². The van der Waals surface area contributed by atoms with E-state index in [0.717, 1.165) is 11.0 Å². The highest BCUT2D eigenvalue weighted by atomic mass is 16.7. The number of rotatable bonds is 3. The predicted molar refractivity (Wildman–Crippen MR) is 85.4 cm³/mol. The van der Waals surface area contributed by atoms with Gasteiger partial charge in [0.15, 0.2) is 0 Å². The van der Waals surface area contributed by atoms with Crippen molar-refractivity contribution in [1.82, 2.24) is 0 Å². The Hall–Kier alpha value is -1.28. The Morgan fingerprint density at radius 2 is 1.71 bits per heavy atom. The third kappa shape index (κ3) is 3.49. The molecule has 1 aromatic carbocycles. The minimum Gasteiger partial charge on any atom is -0.399 e. The monoisotopic (exact) mass is 286 g/mol. The topological polar surface area (TPSA) is 38.7 Å². The van der Waals surface area contributed by atoms with Crippen LogP contribution in [-0.2, 0) is 9.31 Å². The van der Waals surface area contributed by atoms with Crippen molar-refractivity contribution in [2.75, 3.05) is 6.61 Å². The van der Waals surface area contributed by atoms with Crippen LogP contribution < -0.4 is 5.46 Å². The molecule has 21 heavy (non-hydrogen) atoms. The van der Waals surface area contributed by atoms with Crippen LogP contribution in [0, 0.1) is 11.8 Å². The van der Waals surface area contributed by atoms with Gasteiger partial charge in [-0.2, -0.15) is 0 Å². The molecule has 1 N–H and O–H groups in total. The van der Waals surface area contributed by atoms with Gasteiger partial charge in [0.25, 0.3) is 0 Å². The van der Waals surface area contributed by atoms with Crippen LogP contribution in [0.15, 0.2) is 24.3 Å². The molecule has 1 fully saturated rings. The zero-order valence-electron chi connectivity index (χ0n) is 13.3. The molecule has 0 atom stereocenters. The van der Waals surface area contributed by atoms with E-state index < -0.39 is 7.12 Å². The summed E-state index contributed by atoms with van der Waals surface area (Å²) >= 11 is 0. The van der Waals surface area contributed by atoms with E-state index in [1.807, 2.05) is 52.0 Å². The molecule has 0 radical (unpaired) electrons. The molecule has 1 aliphatic heterocycles. The van der Waals surface area contributed by atoms with E-state index in [0.29, 0.717) is 12.8 Å². The second-order valence-electron chi connectivity index (χ2n) is 6.30. The van der Waals surface area contributed by atoms with E-state index in [2.05, 4.69) is 11.8 Å². The largest absolute Gasteiger partial charge is 0.496 e. The Morgan fingerprint density at radius 3 is 2.33 bits per heavy atom. The van der Waals surface area contributed by atoms with Gasteiger partial charge in [-0.15, -0.1) is 0 Å². The molecule has 2 rings (SSSR count). The summed E-state index contributed by atoms with van der Waals surface area (Å²) in [5.41, 5.74) is 1.19. The summed E-state index contributed by atoms with van der Waals surface area (Å²) in [5, 5.41) is 8.80. The second kappa shape index (κ2) is 6.23. The molecule has 4 heteroatoms. The molecule has 0 bridgehead atoms. The van der Waals surface area contributed by atoms with E-state index in [-0.39, 0.29) is 17.8 Å². The maximum absolute atomic E-state index is 8.80. The highest BCUT2D eigenvalue weighted by molar-refractivity contribution is 6.62. The first-order valence-electron chi connectivity index (χ1n) is 7.42. The Kier molecular flexibility index (Phi) is 4.78. The van der Waals surface area contributed by atoms with Gasteiger partial charge in [-0.05, 0) is 45.6 Å². The fourth-order valence-corrected chi connectivity index (χ4v) is 2.11. The summed E-state index contributed by atoms with van der Waals surface area (Å²) in [4.78, 5) is 0. The average molecular weight is 286 g/mol. The summed E-state index contributed by atoms with van der Waals surface area (Å²) in [6.45, 7) is 8.35.